The highest BCUT2D eigenvalue weighted by Crippen LogP contribution is 2.35. The van der Waals surface area contributed by atoms with Gasteiger partial charge in [-0.3, -0.25) is 0 Å². The van der Waals surface area contributed by atoms with Gasteiger partial charge in [0.25, 0.3) is 0 Å². The summed E-state index contributed by atoms with van der Waals surface area (Å²) in [5.74, 6) is 4.40. The summed E-state index contributed by atoms with van der Waals surface area (Å²) in [7, 11) is 0. The molecular formula is C16H21NO2. The van der Waals surface area contributed by atoms with E-state index in [4.69, 9.17) is 15.9 Å². The molecular weight excluding hydrogens is 238 g/mol. The van der Waals surface area contributed by atoms with Crippen LogP contribution in [0.5, 0.6) is 11.5 Å². The molecule has 1 atom stereocenters. The first-order valence-electron chi connectivity index (χ1n) is 6.91. The van der Waals surface area contributed by atoms with Gasteiger partial charge < -0.3 is 14.8 Å². The molecule has 0 spiro atoms. The highest BCUT2D eigenvalue weighted by molar-refractivity contribution is 5.45. The van der Waals surface area contributed by atoms with Gasteiger partial charge in [0.2, 0.25) is 0 Å². The zero-order valence-electron chi connectivity index (χ0n) is 11.4. The summed E-state index contributed by atoms with van der Waals surface area (Å²) >= 11 is 0. The first-order valence-corrected chi connectivity index (χ1v) is 6.91. The molecule has 0 amide bonds. The van der Waals surface area contributed by atoms with Gasteiger partial charge in [-0.15, -0.1) is 12.3 Å². The summed E-state index contributed by atoms with van der Waals surface area (Å²) < 4.78 is 11.4. The summed E-state index contributed by atoms with van der Waals surface area (Å²) in [6, 6.07) is 6.38. The molecule has 0 saturated carbocycles. The molecule has 3 nitrogen and oxygen atoms in total. The van der Waals surface area contributed by atoms with E-state index in [1.54, 1.807) is 0 Å². The van der Waals surface area contributed by atoms with Crippen LogP contribution in [0, 0.1) is 12.3 Å². The molecule has 0 bridgehead atoms. The van der Waals surface area contributed by atoms with E-state index in [1.807, 2.05) is 12.1 Å². The number of hydrogen-bond donors (Lipinski definition) is 1. The van der Waals surface area contributed by atoms with Crippen molar-refractivity contribution in [2.75, 3.05) is 19.8 Å². The molecule has 1 N–H and O–H groups in total. The van der Waals surface area contributed by atoms with Crippen molar-refractivity contribution in [2.45, 2.75) is 32.2 Å². The maximum absolute atomic E-state index is 5.70. The number of benzene rings is 1. The van der Waals surface area contributed by atoms with Crippen LogP contribution < -0.4 is 14.8 Å². The van der Waals surface area contributed by atoms with Gasteiger partial charge in [0.1, 0.15) is 18.1 Å². The molecule has 0 fully saturated rings. The van der Waals surface area contributed by atoms with Crippen molar-refractivity contribution in [2.24, 2.45) is 0 Å². The van der Waals surface area contributed by atoms with E-state index in [1.165, 1.54) is 5.56 Å². The van der Waals surface area contributed by atoms with Crippen LogP contribution >= 0.6 is 0 Å². The normalized spacial score (nSPS) is 16.5. The van der Waals surface area contributed by atoms with Crippen LogP contribution in [0.1, 0.15) is 37.8 Å². The number of rotatable bonds is 7. The first-order chi connectivity index (χ1) is 9.35. The number of ether oxygens (including phenoxy) is 2. The Labute approximate surface area is 115 Å². The molecule has 1 aromatic rings. The average molecular weight is 259 g/mol. The summed E-state index contributed by atoms with van der Waals surface area (Å²) in [6.07, 6.45) is 7.97. The lowest BCUT2D eigenvalue weighted by Gasteiger charge is -2.11. The number of unbranched alkanes of at least 4 members (excludes halogenated alkanes) is 1. The second kappa shape index (κ2) is 7.06. The lowest BCUT2D eigenvalue weighted by molar-refractivity contribution is 0.301. The van der Waals surface area contributed by atoms with Crippen molar-refractivity contribution in [1.82, 2.24) is 5.32 Å². The Bertz CT molecular complexity index is 451. The van der Waals surface area contributed by atoms with Crippen molar-refractivity contribution < 1.29 is 9.47 Å². The minimum absolute atomic E-state index is 0.311. The number of fused-ring (bicyclic) bond motifs is 1. The lowest BCUT2D eigenvalue weighted by atomic mass is 10.1. The van der Waals surface area contributed by atoms with Gasteiger partial charge in [-0.1, -0.05) is 6.92 Å². The summed E-state index contributed by atoms with van der Waals surface area (Å²) in [5.41, 5.74) is 1.23. The van der Waals surface area contributed by atoms with Crippen molar-refractivity contribution in [3.63, 3.8) is 0 Å². The molecule has 1 aromatic carbocycles. The second-order valence-electron chi connectivity index (χ2n) is 4.67. The monoisotopic (exact) mass is 259 g/mol. The molecule has 1 heterocycles. The van der Waals surface area contributed by atoms with Gasteiger partial charge in [-0.2, -0.15) is 0 Å². The third kappa shape index (κ3) is 3.65. The van der Waals surface area contributed by atoms with E-state index in [9.17, 15) is 0 Å². The minimum atomic E-state index is 0.311. The number of terminal acetylenes is 1. The summed E-state index contributed by atoms with van der Waals surface area (Å²) in [5, 5.41) is 3.48. The summed E-state index contributed by atoms with van der Waals surface area (Å²) in [6.45, 7) is 4.53. The molecule has 19 heavy (non-hydrogen) atoms. The van der Waals surface area contributed by atoms with Gasteiger partial charge in [0.15, 0.2) is 0 Å². The molecule has 1 aliphatic rings. The Hall–Kier alpha value is -1.66. The van der Waals surface area contributed by atoms with E-state index in [0.29, 0.717) is 19.3 Å². The van der Waals surface area contributed by atoms with Crippen LogP contribution in [0.4, 0.5) is 0 Å². The van der Waals surface area contributed by atoms with E-state index >= 15 is 0 Å². The minimum Gasteiger partial charge on any atom is -0.493 e. The number of hydrogen-bond acceptors (Lipinski definition) is 3. The molecule has 0 aromatic heterocycles. The van der Waals surface area contributed by atoms with Crippen molar-refractivity contribution in [1.29, 1.82) is 0 Å². The molecule has 102 valence electrons. The van der Waals surface area contributed by atoms with Crippen LogP contribution in [-0.4, -0.2) is 19.8 Å². The fourth-order valence-electron chi connectivity index (χ4n) is 2.13. The van der Waals surface area contributed by atoms with Crippen LogP contribution in [-0.2, 0) is 0 Å². The van der Waals surface area contributed by atoms with E-state index in [0.717, 1.165) is 37.3 Å². The van der Waals surface area contributed by atoms with Crippen molar-refractivity contribution in [3.8, 4) is 23.8 Å². The fourth-order valence-corrected chi connectivity index (χ4v) is 2.13. The molecule has 3 heteroatoms. The van der Waals surface area contributed by atoms with E-state index in [-0.39, 0.29) is 0 Å². The van der Waals surface area contributed by atoms with Crippen LogP contribution in [0.25, 0.3) is 0 Å². The quantitative estimate of drug-likeness (QED) is 0.603. The summed E-state index contributed by atoms with van der Waals surface area (Å²) in [4.78, 5) is 0. The van der Waals surface area contributed by atoms with Gasteiger partial charge >= 0.3 is 0 Å². The third-order valence-corrected chi connectivity index (χ3v) is 3.14. The Balaban J connectivity index is 1.92. The van der Waals surface area contributed by atoms with Crippen molar-refractivity contribution >= 4 is 0 Å². The standard InChI is InChI=1S/C16H21NO2/c1-3-5-6-10-18-13-7-8-14-15(17-9-4-2)12-19-16(14)11-13/h1,7-8,11,15,17H,4-6,9-10,12H2,2H3. The van der Waals surface area contributed by atoms with Crippen LogP contribution in [0.3, 0.4) is 0 Å². The lowest BCUT2D eigenvalue weighted by Crippen LogP contribution is -2.22. The predicted octanol–water partition coefficient (Wildman–Crippen LogP) is 2.91. The Morgan fingerprint density at radius 2 is 2.42 bits per heavy atom. The topological polar surface area (TPSA) is 30.5 Å². The van der Waals surface area contributed by atoms with Gasteiger partial charge in [-0.05, 0) is 31.5 Å². The highest BCUT2D eigenvalue weighted by atomic mass is 16.5. The molecule has 0 radical (unpaired) electrons. The Kier molecular flexibility index (Phi) is 5.11. The maximum Gasteiger partial charge on any atom is 0.127 e. The largest absolute Gasteiger partial charge is 0.493 e. The molecule has 0 aliphatic carbocycles. The first kappa shape index (κ1) is 13.8. The van der Waals surface area contributed by atoms with Crippen LogP contribution in [0.15, 0.2) is 18.2 Å². The van der Waals surface area contributed by atoms with Crippen molar-refractivity contribution in [3.05, 3.63) is 23.8 Å². The molecule has 2 rings (SSSR count). The fraction of sp³-hybridized carbons (Fsp3) is 0.500. The highest BCUT2D eigenvalue weighted by Gasteiger charge is 2.23. The molecule has 0 saturated heterocycles. The smallest absolute Gasteiger partial charge is 0.127 e. The zero-order valence-corrected chi connectivity index (χ0v) is 11.4. The van der Waals surface area contributed by atoms with Gasteiger partial charge in [0.05, 0.1) is 12.6 Å². The van der Waals surface area contributed by atoms with E-state index < -0.39 is 0 Å². The Morgan fingerprint density at radius 1 is 1.53 bits per heavy atom. The molecule has 1 unspecified atom stereocenters. The SMILES string of the molecule is C#CCCCOc1ccc2c(c1)OCC2NCCC. The second-order valence-corrected chi connectivity index (χ2v) is 4.67. The Morgan fingerprint density at radius 3 is 3.21 bits per heavy atom. The maximum atomic E-state index is 5.70. The predicted molar refractivity (Wildman–Crippen MR) is 76.5 cm³/mol. The van der Waals surface area contributed by atoms with Gasteiger partial charge in [0, 0.05) is 18.1 Å². The zero-order chi connectivity index (χ0) is 13.5. The number of nitrogens with one attached hydrogen (secondary N) is 1. The molecule has 1 aliphatic heterocycles. The van der Waals surface area contributed by atoms with E-state index in [2.05, 4.69) is 24.2 Å². The average Bonchev–Trinajstić information content (AvgIpc) is 2.84. The van der Waals surface area contributed by atoms with Crippen LogP contribution in [0.2, 0.25) is 0 Å². The van der Waals surface area contributed by atoms with Gasteiger partial charge in [-0.25, -0.2) is 0 Å². The third-order valence-electron chi connectivity index (χ3n) is 3.14.